The quantitative estimate of drug-likeness (QED) is 0.449. The molecule has 4 heteroatoms. The van der Waals surface area contributed by atoms with Gasteiger partial charge in [0.15, 0.2) is 0 Å². The molecule has 0 unspecified atom stereocenters. The lowest BCUT2D eigenvalue weighted by atomic mass is 10.2. The first-order chi connectivity index (χ1) is 8.93. The molecular weight excluding hydrogens is 294 g/mol. The summed E-state index contributed by atoms with van der Waals surface area (Å²) >= 11 is 4.26. The van der Waals surface area contributed by atoms with Gasteiger partial charge in [0.2, 0.25) is 0 Å². The summed E-state index contributed by atoms with van der Waals surface area (Å²) in [6.07, 6.45) is 11.4. The summed E-state index contributed by atoms with van der Waals surface area (Å²) in [6.45, 7) is 4.96. The SMILES string of the molecule is CCCCCCCSCCCCCN1CCSC1.Cl. The highest BCUT2D eigenvalue weighted by atomic mass is 35.5. The van der Waals surface area contributed by atoms with E-state index in [4.69, 9.17) is 0 Å². The van der Waals surface area contributed by atoms with Crippen molar-refractivity contribution in [3.63, 3.8) is 0 Å². The molecule has 1 rings (SSSR count). The fraction of sp³-hybridized carbons (Fsp3) is 1.00. The molecule has 1 aliphatic heterocycles. The van der Waals surface area contributed by atoms with Gasteiger partial charge < -0.3 is 0 Å². The molecule has 0 saturated carbocycles. The lowest BCUT2D eigenvalue weighted by Crippen LogP contribution is -2.20. The Hall–Kier alpha value is 0.950. The van der Waals surface area contributed by atoms with Crippen molar-refractivity contribution in [2.45, 2.75) is 58.3 Å². The van der Waals surface area contributed by atoms with Crippen molar-refractivity contribution in [1.82, 2.24) is 4.90 Å². The van der Waals surface area contributed by atoms with Gasteiger partial charge in [0.1, 0.15) is 0 Å². The molecule has 0 bridgehead atoms. The van der Waals surface area contributed by atoms with Crippen molar-refractivity contribution in [3.8, 4) is 0 Å². The van der Waals surface area contributed by atoms with Crippen LogP contribution in [0.2, 0.25) is 0 Å². The maximum Gasteiger partial charge on any atom is 0.0445 e. The summed E-state index contributed by atoms with van der Waals surface area (Å²) in [5.41, 5.74) is 0. The molecule has 0 aromatic carbocycles. The van der Waals surface area contributed by atoms with Crippen molar-refractivity contribution in [3.05, 3.63) is 0 Å². The Kier molecular flexibility index (Phi) is 16.1. The highest BCUT2D eigenvalue weighted by molar-refractivity contribution is 7.99. The van der Waals surface area contributed by atoms with Gasteiger partial charge in [-0.15, -0.1) is 24.2 Å². The molecule has 0 N–H and O–H groups in total. The van der Waals surface area contributed by atoms with Gasteiger partial charge in [-0.05, 0) is 37.3 Å². The molecule has 0 spiro atoms. The fourth-order valence-electron chi connectivity index (χ4n) is 2.25. The highest BCUT2D eigenvalue weighted by Crippen LogP contribution is 2.15. The zero-order chi connectivity index (χ0) is 12.9. The van der Waals surface area contributed by atoms with Crippen molar-refractivity contribution < 1.29 is 0 Å². The van der Waals surface area contributed by atoms with Gasteiger partial charge in [-0.25, -0.2) is 0 Å². The van der Waals surface area contributed by atoms with E-state index in [1.54, 1.807) is 0 Å². The second-order valence-electron chi connectivity index (χ2n) is 5.24. The summed E-state index contributed by atoms with van der Waals surface area (Å²) in [7, 11) is 0. The van der Waals surface area contributed by atoms with Gasteiger partial charge in [0, 0.05) is 18.2 Å². The number of hydrogen-bond donors (Lipinski definition) is 0. The van der Waals surface area contributed by atoms with E-state index >= 15 is 0 Å². The van der Waals surface area contributed by atoms with Crippen LogP contribution in [0.25, 0.3) is 0 Å². The Morgan fingerprint density at radius 3 is 2.26 bits per heavy atom. The third-order valence-electron chi connectivity index (χ3n) is 3.48. The number of nitrogens with zero attached hydrogens (tertiary/aromatic N) is 1. The Labute approximate surface area is 135 Å². The standard InChI is InChI=1S/C15H31NS2.ClH/c1-2-3-4-5-8-12-17-13-9-6-7-10-16-11-14-18-15-16;/h2-15H2,1H3;1H. The van der Waals surface area contributed by atoms with Gasteiger partial charge >= 0.3 is 0 Å². The molecule has 0 aliphatic carbocycles. The van der Waals surface area contributed by atoms with E-state index in [2.05, 4.69) is 35.3 Å². The topological polar surface area (TPSA) is 3.24 Å². The average molecular weight is 326 g/mol. The molecule has 116 valence electrons. The summed E-state index contributed by atoms with van der Waals surface area (Å²) in [5.74, 6) is 5.43. The van der Waals surface area contributed by atoms with Crippen LogP contribution in [0.3, 0.4) is 0 Å². The maximum atomic E-state index is 2.60. The minimum Gasteiger partial charge on any atom is -0.293 e. The van der Waals surface area contributed by atoms with Crippen LogP contribution >= 0.6 is 35.9 Å². The molecule has 0 amide bonds. The molecule has 0 atom stereocenters. The first kappa shape index (κ1) is 19.9. The van der Waals surface area contributed by atoms with E-state index in [9.17, 15) is 0 Å². The van der Waals surface area contributed by atoms with Gasteiger partial charge in [0.05, 0.1) is 0 Å². The first-order valence-electron chi connectivity index (χ1n) is 7.81. The largest absolute Gasteiger partial charge is 0.293 e. The van der Waals surface area contributed by atoms with Gasteiger partial charge in [0.25, 0.3) is 0 Å². The smallest absolute Gasteiger partial charge is 0.0445 e. The van der Waals surface area contributed by atoms with Crippen LogP contribution in [0.15, 0.2) is 0 Å². The van der Waals surface area contributed by atoms with Gasteiger partial charge in [-0.2, -0.15) is 11.8 Å². The van der Waals surface area contributed by atoms with Crippen molar-refractivity contribution in [2.24, 2.45) is 0 Å². The van der Waals surface area contributed by atoms with Crippen LogP contribution in [-0.2, 0) is 0 Å². The van der Waals surface area contributed by atoms with E-state index < -0.39 is 0 Å². The van der Waals surface area contributed by atoms with Crippen molar-refractivity contribution in [1.29, 1.82) is 0 Å². The first-order valence-corrected chi connectivity index (χ1v) is 10.1. The summed E-state index contributed by atoms with van der Waals surface area (Å²) < 4.78 is 0. The third kappa shape index (κ3) is 12.4. The maximum absolute atomic E-state index is 2.60. The second kappa shape index (κ2) is 15.3. The zero-order valence-electron chi connectivity index (χ0n) is 12.6. The minimum atomic E-state index is 0. The number of thioether (sulfide) groups is 2. The fourth-order valence-corrected chi connectivity index (χ4v) is 4.31. The molecule has 1 aliphatic rings. The van der Waals surface area contributed by atoms with E-state index in [0.717, 1.165) is 0 Å². The number of rotatable bonds is 12. The molecule has 0 radical (unpaired) electrons. The Morgan fingerprint density at radius 2 is 1.63 bits per heavy atom. The van der Waals surface area contributed by atoms with Crippen LogP contribution in [0, 0.1) is 0 Å². The normalized spacial score (nSPS) is 15.6. The molecule has 1 saturated heterocycles. The van der Waals surface area contributed by atoms with Crippen LogP contribution in [0.5, 0.6) is 0 Å². The lowest BCUT2D eigenvalue weighted by molar-refractivity contribution is 0.346. The summed E-state index contributed by atoms with van der Waals surface area (Å²) in [5, 5.41) is 0. The van der Waals surface area contributed by atoms with Crippen molar-refractivity contribution >= 4 is 35.9 Å². The van der Waals surface area contributed by atoms with Gasteiger partial charge in [-0.1, -0.05) is 39.0 Å². The van der Waals surface area contributed by atoms with Crippen LogP contribution in [-0.4, -0.2) is 41.1 Å². The van der Waals surface area contributed by atoms with Crippen LogP contribution < -0.4 is 0 Å². The molecule has 19 heavy (non-hydrogen) atoms. The molecular formula is C15H32ClNS2. The van der Waals surface area contributed by atoms with Crippen molar-refractivity contribution in [2.75, 3.05) is 36.2 Å². The minimum absolute atomic E-state index is 0. The van der Waals surface area contributed by atoms with E-state index in [0.29, 0.717) is 0 Å². The van der Waals surface area contributed by atoms with Crippen LogP contribution in [0.4, 0.5) is 0 Å². The molecule has 1 fully saturated rings. The number of halogens is 1. The van der Waals surface area contributed by atoms with Gasteiger partial charge in [-0.3, -0.25) is 4.90 Å². The highest BCUT2D eigenvalue weighted by Gasteiger charge is 2.10. The zero-order valence-corrected chi connectivity index (χ0v) is 15.0. The van der Waals surface area contributed by atoms with E-state index in [1.165, 1.54) is 87.6 Å². The molecule has 0 aromatic rings. The monoisotopic (exact) mass is 325 g/mol. The molecule has 1 nitrogen and oxygen atoms in total. The lowest BCUT2D eigenvalue weighted by Gasteiger charge is -2.12. The predicted molar refractivity (Wildman–Crippen MR) is 96.1 cm³/mol. The van der Waals surface area contributed by atoms with Crippen LogP contribution in [0.1, 0.15) is 58.3 Å². The Balaban J connectivity index is 0.00000324. The van der Waals surface area contributed by atoms with E-state index in [-0.39, 0.29) is 12.4 Å². The Morgan fingerprint density at radius 1 is 0.947 bits per heavy atom. The Bertz CT molecular complexity index is 176. The molecule has 1 heterocycles. The van der Waals surface area contributed by atoms with E-state index in [1.807, 2.05) is 0 Å². The summed E-state index contributed by atoms with van der Waals surface area (Å²) in [6, 6.07) is 0. The summed E-state index contributed by atoms with van der Waals surface area (Å²) in [4.78, 5) is 2.60. The predicted octanol–water partition coefficient (Wildman–Crippen LogP) is 5.29. The second-order valence-corrected chi connectivity index (χ2v) is 7.54. The number of hydrogen-bond acceptors (Lipinski definition) is 3. The molecule has 0 aromatic heterocycles. The number of unbranched alkanes of at least 4 members (excludes halogenated alkanes) is 6. The third-order valence-corrected chi connectivity index (χ3v) is 5.65. The average Bonchev–Trinajstić information content (AvgIpc) is 2.89.